The van der Waals surface area contributed by atoms with Crippen LogP contribution in [0.2, 0.25) is 12.6 Å². The van der Waals surface area contributed by atoms with Crippen LogP contribution in [0.15, 0.2) is 0 Å². The van der Waals surface area contributed by atoms with E-state index in [4.69, 9.17) is 0 Å². The minimum absolute atomic E-state index is 0.0343. The van der Waals surface area contributed by atoms with Crippen LogP contribution in [0.5, 0.6) is 0 Å². The van der Waals surface area contributed by atoms with Crippen molar-refractivity contribution in [1.82, 2.24) is 0 Å². The van der Waals surface area contributed by atoms with Crippen molar-refractivity contribution in [2.24, 2.45) is 0 Å². The number of carbonyl (C=O) groups excluding carboxylic acids is 2. The molecule has 0 aromatic rings. The highest BCUT2D eigenvalue weighted by molar-refractivity contribution is 7.80. The number of ether oxygens (including phenoxy) is 1. The summed E-state index contributed by atoms with van der Waals surface area (Å²) in [5, 5.41) is 0. The summed E-state index contributed by atoms with van der Waals surface area (Å²) in [5.41, 5.74) is 0. The third-order valence-corrected chi connectivity index (χ3v) is 1.84. The van der Waals surface area contributed by atoms with Gasteiger partial charge in [-0.2, -0.15) is 0 Å². The average Bonchev–Trinajstić information content (AvgIpc) is 2.03. The summed E-state index contributed by atoms with van der Waals surface area (Å²) in [4.78, 5) is 21.9. The number of thiol groups is 1. The molecule has 0 spiro atoms. The lowest BCUT2D eigenvalue weighted by molar-refractivity contribution is -0.143. The topological polar surface area (TPSA) is 43.4 Å². The SMILES string of the molecule is CBC(C)C(=O)CC(=O)OCS. The van der Waals surface area contributed by atoms with E-state index in [0.29, 0.717) is 0 Å². The zero-order chi connectivity index (χ0) is 9.56. The van der Waals surface area contributed by atoms with Gasteiger partial charge in [-0.3, -0.25) is 9.59 Å². The van der Waals surface area contributed by atoms with Crippen molar-refractivity contribution in [1.29, 1.82) is 0 Å². The Kier molecular flexibility index (Phi) is 5.89. The molecule has 0 amide bonds. The number of rotatable bonds is 5. The van der Waals surface area contributed by atoms with Crippen LogP contribution in [-0.2, 0) is 14.3 Å². The molecule has 0 saturated heterocycles. The maximum absolute atomic E-state index is 11.1. The third kappa shape index (κ3) is 4.44. The zero-order valence-corrected chi connectivity index (χ0v) is 8.27. The Bertz CT molecular complexity index is 172. The average molecular weight is 188 g/mol. The van der Waals surface area contributed by atoms with Crippen LogP contribution in [0.25, 0.3) is 0 Å². The molecule has 0 aliphatic heterocycles. The van der Waals surface area contributed by atoms with Crippen molar-refractivity contribution in [3.8, 4) is 0 Å². The smallest absolute Gasteiger partial charge is 0.314 e. The van der Waals surface area contributed by atoms with Crippen molar-refractivity contribution in [3.63, 3.8) is 0 Å². The quantitative estimate of drug-likeness (QED) is 0.227. The van der Waals surface area contributed by atoms with Gasteiger partial charge in [0.1, 0.15) is 25.4 Å². The molecule has 0 rings (SSSR count). The van der Waals surface area contributed by atoms with Crippen LogP contribution in [-0.4, -0.2) is 25.0 Å². The largest absolute Gasteiger partial charge is 0.455 e. The Hall–Kier alpha value is -0.445. The molecule has 0 heterocycles. The van der Waals surface area contributed by atoms with Crippen molar-refractivity contribution in [2.75, 3.05) is 5.94 Å². The highest BCUT2D eigenvalue weighted by Crippen LogP contribution is 2.06. The van der Waals surface area contributed by atoms with E-state index in [1.54, 1.807) is 6.92 Å². The summed E-state index contributed by atoms with van der Waals surface area (Å²) in [6, 6.07) is 0. The van der Waals surface area contributed by atoms with Gasteiger partial charge in [0.2, 0.25) is 0 Å². The summed E-state index contributed by atoms with van der Waals surface area (Å²) in [5.74, 6) is -0.579. The molecule has 0 fully saturated rings. The van der Waals surface area contributed by atoms with Gasteiger partial charge in [0.05, 0.1) is 0 Å². The molecule has 5 heteroatoms. The third-order valence-electron chi connectivity index (χ3n) is 1.71. The minimum Gasteiger partial charge on any atom is -0.455 e. The van der Waals surface area contributed by atoms with Crippen LogP contribution < -0.4 is 0 Å². The first-order valence-electron chi connectivity index (χ1n) is 3.91. The number of hydrogen-bond acceptors (Lipinski definition) is 4. The van der Waals surface area contributed by atoms with Gasteiger partial charge in [0.25, 0.3) is 0 Å². The van der Waals surface area contributed by atoms with Crippen LogP contribution >= 0.6 is 12.6 Å². The fourth-order valence-electron chi connectivity index (χ4n) is 0.667. The second-order valence-corrected chi connectivity index (χ2v) is 2.86. The number of esters is 1. The van der Waals surface area contributed by atoms with E-state index in [2.05, 4.69) is 17.4 Å². The monoisotopic (exact) mass is 188 g/mol. The van der Waals surface area contributed by atoms with Gasteiger partial charge >= 0.3 is 5.97 Å². The Morgan fingerprint density at radius 3 is 2.58 bits per heavy atom. The molecule has 0 aromatic heterocycles. The number of carbonyl (C=O) groups is 2. The number of hydrogen-bond donors (Lipinski definition) is 1. The first-order valence-corrected chi connectivity index (χ1v) is 4.54. The summed E-state index contributed by atoms with van der Waals surface area (Å²) in [6.07, 6.45) is -0.129. The van der Waals surface area contributed by atoms with E-state index in [-0.39, 0.29) is 24.0 Å². The highest BCUT2D eigenvalue weighted by Gasteiger charge is 2.15. The van der Waals surface area contributed by atoms with E-state index in [1.165, 1.54) is 0 Å². The molecule has 68 valence electrons. The Balaban J connectivity index is 3.76. The van der Waals surface area contributed by atoms with Gasteiger partial charge in [-0.25, -0.2) is 0 Å². The second kappa shape index (κ2) is 6.11. The summed E-state index contributed by atoms with van der Waals surface area (Å²) < 4.78 is 4.51. The maximum Gasteiger partial charge on any atom is 0.314 e. The molecule has 0 aliphatic rings. The lowest BCUT2D eigenvalue weighted by Gasteiger charge is -2.04. The van der Waals surface area contributed by atoms with E-state index in [1.807, 2.05) is 6.82 Å². The van der Waals surface area contributed by atoms with E-state index >= 15 is 0 Å². The number of ketones is 1. The van der Waals surface area contributed by atoms with E-state index in [0.717, 1.165) is 7.28 Å². The Labute approximate surface area is 78.5 Å². The summed E-state index contributed by atoms with van der Waals surface area (Å²) >= 11 is 3.70. The van der Waals surface area contributed by atoms with Crippen molar-refractivity contribution in [3.05, 3.63) is 0 Å². The van der Waals surface area contributed by atoms with Crippen LogP contribution in [0.3, 0.4) is 0 Å². The van der Waals surface area contributed by atoms with Gasteiger partial charge in [-0.1, -0.05) is 13.7 Å². The molecule has 0 bridgehead atoms. The molecule has 0 N–H and O–H groups in total. The van der Waals surface area contributed by atoms with Gasteiger partial charge in [0.15, 0.2) is 0 Å². The molecular weight excluding hydrogens is 175 g/mol. The molecule has 1 unspecified atom stereocenters. The normalized spacial score (nSPS) is 11.9. The molecule has 0 aromatic carbocycles. The van der Waals surface area contributed by atoms with Gasteiger partial charge in [0, 0.05) is 0 Å². The standard InChI is InChI=1S/C7H13BO3S/c1-5(8-2)6(9)3-7(10)11-4-12/h5,8,12H,3-4H2,1-2H3. The first-order chi connectivity index (χ1) is 5.61. The number of Topliss-reactive ketones (excluding diaryl/α,β-unsaturated/α-hetero) is 1. The van der Waals surface area contributed by atoms with Gasteiger partial charge < -0.3 is 4.74 Å². The van der Waals surface area contributed by atoms with Gasteiger partial charge in [-0.15, -0.1) is 12.6 Å². The fourth-order valence-corrected chi connectivity index (χ4v) is 0.811. The Morgan fingerprint density at radius 1 is 1.58 bits per heavy atom. The van der Waals surface area contributed by atoms with E-state index in [9.17, 15) is 9.59 Å². The van der Waals surface area contributed by atoms with Crippen molar-refractivity contribution < 1.29 is 14.3 Å². The predicted octanol–water partition coefficient (Wildman–Crippen LogP) is 0.669. The molecule has 0 aliphatic carbocycles. The molecule has 1 atom stereocenters. The van der Waals surface area contributed by atoms with Crippen molar-refractivity contribution >= 4 is 31.7 Å². The highest BCUT2D eigenvalue weighted by atomic mass is 32.1. The van der Waals surface area contributed by atoms with Crippen molar-refractivity contribution in [2.45, 2.75) is 26.0 Å². The van der Waals surface area contributed by atoms with Crippen LogP contribution in [0.1, 0.15) is 13.3 Å². The lowest BCUT2D eigenvalue weighted by Crippen LogP contribution is -2.16. The predicted molar refractivity (Wildman–Crippen MR) is 52.0 cm³/mol. The minimum atomic E-state index is -0.490. The fraction of sp³-hybridized carbons (Fsp3) is 0.714. The first kappa shape index (κ1) is 11.6. The lowest BCUT2D eigenvalue weighted by atomic mass is 9.65. The zero-order valence-electron chi connectivity index (χ0n) is 7.37. The molecule has 3 nitrogen and oxygen atoms in total. The molecule has 0 saturated carbocycles. The molecule has 0 radical (unpaired) electrons. The molecule has 12 heavy (non-hydrogen) atoms. The van der Waals surface area contributed by atoms with Gasteiger partial charge in [-0.05, 0) is 5.82 Å². The second-order valence-electron chi connectivity index (χ2n) is 2.60. The van der Waals surface area contributed by atoms with Crippen LogP contribution in [0.4, 0.5) is 0 Å². The van der Waals surface area contributed by atoms with E-state index < -0.39 is 5.97 Å². The maximum atomic E-state index is 11.1. The van der Waals surface area contributed by atoms with Crippen LogP contribution in [0, 0.1) is 0 Å². The summed E-state index contributed by atoms with van der Waals surface area (Å²) in [7, 11) is 0.757. The Morgan fingerprint density at radius 2 is 2.17 bits per heavy atom. The summed E-state index contributed by atoms with van der Waals surface area (Å²) in [6.45, 7) is 3.71. The molecular formula is C7H13BO3S.